The van der Waals surface area contributed by atoms with Crippen LogP contribution in [0, 0.1) is 5.92 Å². The highest BCUT2D eigenvalue weighted by Crippen LogP contribution is 2.18. The molecule has 33 heavy (non-hydrogen) atoms. The highest BCUT2D eigenvalue weighted by Gasteiger charge is 2.33. The zero-order valence-corrected chi connectivity index (χ0v) is 19.0. The van der Waals surface area contributed by atoms with Gasteiger partial charge >= 0.3 is 0 Å². The second-order valence-corrected chi connectivity index (χ2v) is 8.88. The Balaban J connectivity index is 1.75. The minimum Gasteiger partial charge on any atom is -0.347 e. The largest absolute Gasteiger partial charge is 0.347 e. The Bertz CT molecular complexity index is 972. The van der Waals surface area contributed by atoms with Gasteiger partial charge in [0.15, 0.2) is 0 Å². The number of Topliss-reactive ketones (excluding diaryl/α,β-unsaturated/α-hetero) is 1. The highest BCUT2D eigenvalue weighted by molar-refractivity contribution is 6.38. The van der Waals surface area contributed by atoms with Crippen LogP contribution in [0.4, 0.5) is 0 Å². The predicted molar refractivity (Wildman–Crippen MR) is 125 cm³/mol. The van der Waals surface area contributed by atoms with Crippen molar-refractivity contribution in [1.82, 2.24) is 16.0 Å². The quantitative estimate of drug-likeness (QED) is 0.458. The fourth-order valence-electron chi connectivity index (χ4n) is 3.51. The van der Waals surface area contributed by atoms with Crippen LogP contribution in [0.1, 0.15) is 49.0 Å². The van der Waals surface area contributed by atoms with Crippen molar-refractivity contribution in [2.75, 3.05) is 0 Å². The average Bonchev–Trinajstić information content (AvgIpc) is 3.62. The normalized spacial score (nSPS) is 14.8. The number of carbonyl (C=O) groups is 4. The number of rotatable bonds is 11. The molecular weight excluding hydrogens is 418 g/mol. The number of hydrogen-bond donors (Lipinski definition) is 3. The zero-order chi connectivity index (χ0) is 23.8. The average molecular weight is 450 g/mol. The SMILES string of the molecule is CC(C)C[C@H](NC(=O)c1ccccc1)C(=O)NC(Cc1ccccc1)C(=O)C(=O)NC1CC1. The molecule has 1 aliphatic rings. The van der Waals surface area contributed by atoms with E-state index in [1.54, 1.807) is 24.3 Å². The van der Waals surface area contributed by atoms with Crippen molar-refractivity contribution in [1.29, 1.82) is 0 Å². The Morgan fingerprint density at radius 3 is 2.03 bits per heavy atom. The molecule has 3 N–H and O–H groups in total. The van der Waals surface area contributed by atoms with Gasteiger partial charge in [0.25, 0.3) is 11.8 Å². The second-order valence-electron chi connectivity index (χ2n) is 8.88. The van der Waals surface area contributed by atoms with Crippen molar-refractivity contribution in [3.63, 3.8) is 0 Å². The molecular formula is C26H31N3O4. The third-order valence-corrected chi connectivity index (χ3v) is 5.42. The van der Waals surface area contributed by atoms with E-state index in [9.17, 15) is 19.2 Å². The van der Waals surface area contributed by atoms with Gasteiger partial charge in [-0.25, -0.2) is 0 Å². The topological polar surface area (TPSA) is 104 Å². The molecule has 3 rings (SSSR count). The van der Waals surface area contributed by atoms with Crippen LogP contribution in [0.3, 0.4) is 0 Å². The number of nitrogens with one attached hydrogen (secondary N) is 3. The molecule has 2 aromatic carbocycles. The summed E-state index contributed by atoms with van der Waals surface area (Å²) in [5.41, 5.74) is 1.27. The summed E-state index contributed by atoms with van der Waals surface area (Å²) in [6.45, 7) is 3.90. The third-order valence-electron chi connectivity index (χ3n) is 5.42. The summed E-state index contributed by atoms with van der Waals surface area (Å²) in [5.74, 6) is -2.10. The van der Waals surface area contributed by atoms with Crippen molar-refractivity contribution in [3.8, 4) is 0 Å². The molecule has 0 aromatic heterocycles. The standard InChI is InChI=1S/C26H31N3O4/c1-17(2)15-22(29-24(31)19-11-7-4-8-12-19)25(32)28-21(16-18-9-5-3-6-10-18)23(30)26(33)27-20-13-14-20/h3-12,17,20-22H,13-16H2,1-2H3,(H,27,33)(H,28,32)(H,29,31)/t21?,22-/m0/s1. The maximum Gasteiger partial charge on any atom is 0.289 e. The fraction of sp³-hybridized carbons (Fsp3) is 0.385. The molecule has 0 heterocycles. The number of ketones is 1. The highest BCUT2D eigenvalue weighted by atomic mass is 16.2. The minimum atomic E-state index is -1.03. The van der Waals surface area contributed by atoms with Crippen molar-refractivity contribution in [2.24, 2.45) is 5.92 Å². The summed E-state index contributed by atoms with van der Waals surface area (Å²) in [6.07, 6.45) is 2.29. The van der Waals surface area contributed by atoms with E-state index in [-0.39, 0.29) is 24.3 Å². The van der Waals surface area contributed by atoms with Crippen LogP contribution in [0.5, 0.6) is 0 Å². The van der Waals surface area contributed by atoms with Gasteiger partial charge < -0.3 is 16.0 Å². The summed E-state index contributed by atoms with van der Waals surface area (Å²) >= 11 is 0. The van der Waals surface area contributed by atoms with E-state index in [1.165, 1.54) is 0 Å². The Labute approximate surface area is 194 Å². The first-order valence-electron chi connectivity index (χ1n) is 11.4. The number of carbonyl (C=O) groups excluding carboxylic acids is 4. The Hall–Kier alpha value is -3.48. The number of hydrogen-bond acceptors (Lipinski definition) is 4. The van der Waals surface area contributed by atoms with E-state index in [0.29, 0.717) is 12.0 Å². The molecule has 7 nitrogen and oxygen atoms in total. The van der Waals surface area contributed by atoms with Gasteiger partial charge in [0.05, 0.1) is 0 Å². The van der Waals surface area contributed by atoms with Gasteiger partial charge in [-0.1, -0.05) is 62.4 Å². The second kappa shape index (κ2) is 11.4. The first-order valence-corrected chi connectivity index (χ1v) is 11.4. The van der Waals surface area contributed by atoms with Crippen LogP contribution in [0.15, 0.2) is 60.7 Å². The fourth-order valence-corrected chi connectivity index (χ4v) is 3.51. The molecule has 0 saturated heterocycles. The van der Waals surface area contributed by atoms with E-state index in [4.69, 9.17) is 0 Å². The number of amides is 3. The lowest BCUT2D eigenvalue weighted by Crippen LogP contribution is -2.55. The molecule has 1 aliphatic carbocycles. The van der Waals surface area contributed by atoms with Crippen LogP contribution >= 0.6 is 0 Å². The van der Waals surface area contributed by atoms with Crippen LogP contribution in [-0.4, -0.2) is 41.6 Å². The van der Waals surface area contributed by atoms with Gasteiger partial charge in [-0.15, -0.1) is 0 Å². The maximum atomic E-state index is 13.2. The molecule has 1 unspecified atom stereocenters. The summed E-state index contributed by atoms with van der Waals surface area (Å²) in [6, 6.07) is 16.0. The number of benzene rings is 2. The summed E-state index contributed by atoms with van der Waals surface area (Å²) in [5, 5.41) is 8.22. The van der Waals surface area contributed by atoms with Crippen molar-refractivity contribution < 1.29 is 19.2 Å². The Morgan fingerprint density at radius 1 is 0.848 bits per heavy atom. The molecule has 2 atom stereocenters. The van der Waals surface area contributed by atoms with Gasteiger partial charge in [-0.3, -0.25) is 19.2 Å². The molecule has 174 valence electrons. The van der Waals surface area contributed by atoms with Gasteiger partial charge in [0.2, 0.25) is 11.7 Å². The molecule has 2 aromatic rings. The molecule has 0 radical (unpaired) electrons. The van der Waals surface area contributed by atoms with Crippen LogP contribution in [0.2, 0.25) is 0 Å². The van der Waals surface area contributed by atoms with Gasteiger partial charge in [-0.2, -0.15) is 0 Å². The van der Waals surface area contributed by atoms with E-state index in [1.807, 2.05) is 50.2 Å². The summed E-state index contributed by atoms with van der Waals surface area (Å²) < 4.78 is 0. The van der Waals surface area contributed by atoms with Crippen LogP contribution in [-0.2, 0) is 20.8 Å². The minimum absolute atomic E-state index is 0.0355. The molecule has 0 aliphatic heterocycles. The smallest absolute Gasteiger partial charge is 0.289 e. The molecule has 3 amide bonds. The predicted octanol–water partition coefficient (Wildman–Crippen LogP) is 2.41. The molecule has 0 spiro atoms. The zero-order valence-electron chi connectivity index (χ0n) is 19.0. The Morgan fingerprint density at radius 2 is 1.45 bits per heavy atom. The van der Waals surface area contributed by atoms with Gasteiger partial charge in [0, 0.05) is 18.0 Å². The van der Waals surface area contributed by atoms with E-state index in [0.717, 1.165) is 18.4 Å². The Kier molecular flexibility index (Phi) is 8.35. The van der Waals surface area contributed by atoms with Crippen molar-refractivity contribution in [2.45, 2.75) is 57.7 Å². The van der Waals surface area contributed by atoms with E-state index >= 15 is 0 Å². The summed E-state index contributed by atoms with van der Waals surface area (Å²) in [4.78, 5) is 51.2. The maximum absolute atomic E-state index is 13.2. The van der Waals surface area contributed by atoms with E-state index in [2.05, 4.69) is 16.0 Å². The van der Waals surface area contributed by atoms with Crippen molar-refractivity contribution in [3.05, 3.63) is 71.8 Å². The molecule has 7 heteroatoms. The lowest BCUT2D eigenvalue weighted by molar-refractivity contribution is -0.140. The molecule has 1 saturated carbocycles. The first kappa shape index (κ1) is 24.2. The van der Waals surface area contributed by atoms with Gasteiger partial charge in [-0.05, 0) is 42.9 Å². The van der Waals surface area contributed by atoms with Crippen molar-refractivity contribution >= 4 is 23.5 Å². The van der Waals surface area contributed by atoms with Crippen LogP contribution < -0.4 is 16.0 Å². The van der Waals surface area contributed by atoms with Gasteiger partial charge in [0.1, 0.15) is 12.1 Å². The summed E-state index contributed by atoms with van der Waals surface area (Å²) in [7, 11) is 0. The molecule has 1 fully saturated rings. The van der Waals surface area contributed by atoms with E-state index < -0.39 is 29.7 Å². The lowest BCUT2D eigenvalue weighted by atomic mass is 9.99. The molecule has 0 bridgehead atoms. The first-order chi connectivity index (χ1) is 15.8. The van der Waals surface area contributed by atoms with Crippen LogP contribution in [0.25, 0.3) is 0 Å². The monoisotopic (exact) mass is 449 g/mol. The lowest BCUT2D eigenvalue weighted by Gasteiger charge is -2.24. The third kappa shape index (κ3) is 7.56.